The molecule has 4 heteroatoms. The maximum absolute atomic E-state index is 12.0. The Morgan fingerprint density at radius 3 is 1.82 bits per heavy atom. The Bertz CT molecular complexity index is 777. The molecule has 2 rings (SSSR count). The predicted molar refractivity (Wildman–Crippen MR) is 111 cm³/mol. The van der Waals surface area contributed by atoms with E-state index in [0.717, 1.165) is 18.6 Å². The smallest absolute Gasteiger partial charge is 0.311 e. The molecule has 0 radical (unpaired) electrons. The minimum absolute atomic E-state index is 0.137. The summed E-state index contributed by atoms with van der Waals surface area (Å²) in [4.78, 5) is 22.9. The first-order valence-corrected chi connectivity index (χ1v) is 9.84. The lowest BCUT2D eigenvalue weighted by Gasteiger charge is -2.30. The van der Waals surface area contributed by atoms with Crippen LogP contribution in [0.25, 0.3) is 0 Å². The van der Waals surface area contributed by atoms with Gasteiger partial charge in [0.15, 0.2) is 0 Å². The maximum Gasteiger partial charge on any atom is 0.311 e. The van der Waals surface area contributed by atoms with Gasteiger partial charge in [-0.15, -0.1) is 0 Å². The van der Waals surface area contributed by atoms with Crippen LogP contribution in [-0.2, 0) is 15.0 Å². The molecule has 0 bridgehead atoms. The Kier molecular flexibility index (Phi) is 7.80. The number of methoxy groups -OCH3 is 1. The van der Waals surface area contributed by atoms with Crippen LogP contribution in [0.15, 0.2) is 48.5 Å². The van der Waals surface area contributed by atoms with Crippen molar-refractivity contribution in [2.75, 3.05) is 7.11 Å². The topological polar surface area (TPSA) is 52.6 Å². The number of Topliss-reactive ketones (excluding diaryl/α,β-unsaturated/α-hetero) is 1. The maximum atomic E-state index is 12.0. The van der Waals surface area contributed by atoms with Crippen molar-refractivity contribution in [3.63, 3.8) is 0 Å². The molecular weight excluding hydrogens is 352 g/mol. The molecule has 0 saturated carbocycles. The van der Waals surface area contributed by atoms with E-state index in [9.17, 15) is 9.59 Å². The summed E-state index contributed by atoms with van der Waals surface area (Å²) in [5.41, 5.74) is 2.24. The zero-order valence-corrected chi connectivity index (χ0v) is 17.3. The minimum Gasteiger partial charge on any atom is -0.497 e. The number of unbranched alkanes of at least 4 members (excludes halogenated alkanes) is 1. The van der Waals surface area contributed by atoms with Crippen LogP contribution < -0.4 is 9.47 Å². The van der Waals surface area contributed by atoms with Crippen LogP contribution in [0.2, 0.25) is 0 Å². The number of ether oxygens (including phenoxy) is 2. The molecule has 0 fully saturated rings. The lowest BCUT2D eigenvalue weighted by molar-refractivity contribution is -0.134. The SMILES string of the molecule is CCC(C)(c1ccc(OC)cc1)c1ccc(OC(=O)CCCCC(C)=O)cc1. The largest absolute Gasteiger partial charge is 0.497 e. The van der Waals surface area contributed by atoms with Gasteiger partial charge < -0.3 is 14.3 Å². The van der Waals surface area contributed by atoms with E-state index in [1.54, 1.807) is 14.0 Å². The summed E-state index contributed by atoms with van der Waals surface area (Å²) in [5.74, 6) is 1.28. The molecule has 0 aliphatic heterocycles. The molecule has 0 aromatic heterocycles. The number of benzene rings is 2. The molecule has 0 heterocycles. The normalized spacial score (nSPS) is 12.9. The van der Waals surface area contributed by atoms with Gasteiger partial charge in [-0.25, -0.2) is 0 Å². The van der Waals surface area contributed by atoms with Crippen LogP contribution in [0.4, 0.5) is 0 Å². The Morgan fingerprint density at radius 2 is 1.36 bits per heavy atom. The molecule has 2 aromatic carbocycles. The molecule has 2 aromatic rings. The van der Waals surface area contributed by atoms with Crippen LogP contribution in [0.1, 0.15) is 64.0 Å². The Labute approximate surface area is 167 Å². The summed E-state index contributed by atoms with van der Waals surface area (Å²) in [6.07, 6.45) is 3.17. The molecule has 28 heavy (non-hydrogen) atoms. The number of hydrogen-bond donors (Lipinski definition) is 0. The summed E-state index contributed by atoms with van der Waals surface area (Å²) >= 11 is 0. The zero-order valence-electron chi connectivity index (χ0n) is 17.3. The van der Waals surface area contributed by atoms with Gasteiger partial charge in [-0.2, -0.15) is 0 Å². The van der Waals surface area contributed by atoms with Crippen LogP contribution in [0, 0.1) is 0 Å². The van der Waals surface area contributed by atoms with Crippen molar-refractivity contribution in [3.05, 3.63) is 59.7 Å². The van der Waals surface area contributed by atoms with Crippen molar-refractivity contribution in [1.29, 1.82) is 0 Å². The van der Waals surface area contributed by atoms with Crippen molar-refractivity contribution in [2.24, 2.45) is 0 Å². The highest BCUT2D eigenvalue weighted by Crippen LogP contribution is 2.36. The Morgan fingerprint density at radius 1 is 0.857 bits per heavy atom. The standard InChI is InChI=1S/C24H30O4/c1-5-24(3,19-10-14-21(27-4)15-11-19)20-12-16-22(17-13-20)28-23(26)9-7-6-8-18(2)25/h10-17H,5-9H2,1-4H3. The first-order valence-electron chi connectivity index (χ1n) is 9.84. The fourth-order valence-corrected chi connectivity index (χ4v) is 3.25. The van der Waals surface area contributed by atoms with Gasteiger partial charge in [0, 0.05) is 18.3 Å². The van der Waals surface area contributed by atoms with Crippen LogP contribution in [-0.4, -0.2) is 18.9 Å². The molecule has 150 valence electrons. The van der Waals surface area contributed by atoms with Gasteiger partial charge in [-0.3, -0.25) is 4.79 Å². The summed E-state index contributed by atoms with van der Waals surface area (Å²) in [5, 5.41) is 0. The van der Waals surface area contributed by atoms with Crippen molar-refractivity contribution in [3.8, 4) is 11.5 Å². The van der Waals surface area contributed by atoms with Gasteiger partial charge in [0.1, 0.15) is 17.3 Å². The van der Waals surface area contributed by atoms with Crippen LogP contribution in [0.5, 0.6) is 11.5 Å². The third-order valence-corrected chi connectivity index (χ3v) is 5.32. The highest BCUT2D eigenvalue weighted by Gasteiger charge is 2.27. The van der Waals surface area contributed by atoms with E-state index in [0.29, 0.717) is 25.0 Å². The molecule has 0 saturated heterocycles. The van der Waals surface area contributed by atoms with E-state index >= 15 is 0 Å². The number of carbonyl (C=O) groups is 2. The van der Waals surface area contributed by atoms with Crippen molar-refractivity contribution in [1.82, 2.24) is 0 Å². The summed E-state index contributed by atoms with van der Waals surface area (Å²) in [7, 11) is 1.66. The van der Waals surface area contributed by atoms with E-state index in [2.05, 4.69) is 26.0 Å². The van der Waals surface area contributed by atoms with Gasteiger partial charge in [-0.1, -0.05) is 38.1 Å². The number of hydrogen-bond acceptors (Lipinski definition) is 4. The quantitative estimate of drug-likeness (QED) is 0.311. The molecular formula is C24H30O4. The number of esters is 1. The second kappa shape index (κ2) is 10.1. The third kappa shape index (κ3) is 5.69. The predicted octanol–water partition coefficient (Wildman–Crippen LogP) is 5.47. The second-order valence-electron chi connectivity index (χ2n) is 7.32. The van der Waals surface area contributed by atoms with E-state index < -0.39 is 0 Å². The second-order valence-corrected chi connectivity index (χ2v) is 7.32. The lowest BCUT2D eigenvalue weighted by atomic mass is 9.74. The first-order chi connectivity index (χ1) is 13.4. The van der Waals surface area contributed by atoms with E-state index in [4.69, 9.17) is 9.47 Å². The minimum atomic E-state index is -0.260. The van der Waals surface area contributed by atoms with E-state index in [1.165, 1.54) is 11.1 Å². The number of rotatable bonds is 10. The molecule has 4 nitrogen and oxygen atoms in total. The fourth-order valence-electron chi connectivity index (χ4n) is 3.25. The van der Waals surface area contributed by atoms with Crippen molar-refractivity contribution in [2.45, 2.75) is 58.3 Å². The molecule has 0 amide bonds. The Hall–Kier alpha value is -2.62. The van der Waals surface area contributed by atoms with Gasteiger partial charge >= 0.3 is 5.97 Å². The van der Waals surface area contributed by atoms with Crippen molar-refractivity contribution < 1.29 is 19.1 Å². The first kappa shape index (κ1) is 21.7. The number of carbonyl (C=O) groups excluding carboxylic acids is 2. The van der Waals surface area contributed by atoms with Crippen molar-refractivity contribution >= 4 is 11.8 Å². The third-order valence-electron chi connectivity index (χ3n) is 5.32. The summed E-state index contributed by atoms with van der Waals surface area (Å²) in [6, 6.07) is 15.9. The average molecular weight is 383 g/mol. The monoisotopic (exact) mass is 382 g/mol. The molecule has 1 unspecified atom stereocenters. The highest BCUT2D eigenvalue weighted by molar-refractivity contribution is 5.75. The lowest BCUT2D eigenvalue weighted by Crippen LogP contribution is -2.22. The zero-order chi connectivity index (χ0) is 20.6. The van der Waals surface area contributed by atoms with Gasteiger partial charge in [0.05, 0.1) is 7.11 Å². The highest BCUT2D eigenvalue weighted by atomic mass is 16.5. The molecule has 0 N–H and O–H groups in total. The Balaban J connectivity index is 2.02. The average Bonchev–Trinajstić information content (AvgIpc) is 2.71. The van der Waals surface area contributed by atoms with Crippen LogP contribution >= 0.6 is 0 Å². The molecule has 0 aliphatic carbocycles. The molecule has 0 aliphatic rings. The van der Waals surface area contributed by atoms with E-state index in [1.807, 2.05) is 36.4 Å². The van der Waals surface area contributed by atoms with Gasteiger partial charge in [-0.05, 0) is 61.6 Å². The number of ketones is 1. The van der Waals surface area contributed by atoms with Gasteiger partial charge in [0.2, 0.25) is 0 Å². The summed E-state index contributed by atoms with van der Waals surface area (Å²) in [6.45, 7) is 5.94. The molecule has 1 atom stereocenters. The fraction of sp³-hybridized carbons (Fsp3) is 0.417. The van der Waals surface area contributed by atoms with Gasteiger partial charge in [0.25, 0.3) is 0 Å². The van der Waals surface area contributed by atoms with Crippen LogP contribution in [0.3, 0.4) is 0 Å². The summed E-state index contributed by atoms with van der Waals surface area (Å²) < 4.78 is 10.7. The molecule has 0 spiro atoms. The van der Waals surface area contributed by atoms with E-state index in [-0.39, 0.29) is 17.2 Å².